The van der Waals surface area contributed by atoms with Crippen LogP contribution in [-0.2, 0) is 16.0 Å². The largest absolute Gasteiger partial charge is 0.481 e. The van der Waals surface area contributed by atoms with E-state index in [1.807, 2.05) is 24.3 Å². The molecule has 1 saturated heterocycles. The molecule has 1 unspecified atom stereocenters. The molecule has 0 bridgehead atoms. The van der Waals surface area contributed by atoms with E-state index in [0.717, 1.165) is 25.2 Å². The highest BCUT2D eigenvalue weighted by Crippen LogP contribution is 2.25. The average Bonchev–Trinajstić information content (AvgIpc) is 2.71. The Morgan fingerprint density at radius 2 is 2.13 bits per heavy atom. The van der Waals surface area contributed by atoms with E-state index < -0.39 is 5.97 Å². The number of aliphatic carboxylic acids is 1. The maximum atomic E-state index is 10.5. The zero-order valence-corrected chi connectivity index (χ0v) is 8.48. The van der Waals surface area contributed by atoms with E-state index in [1.54, 1.807) is 0 Å². The van der Waals surface area contributed by atoms with Crippen LogP contribution in [0, 0.1) is 0 Å². The molecular weight excluding hydrogens is 192 g/mol. The van der Waals surface area contributed by atoms with Gasteiger partial charge in [0.1, 0.15) is 0 Å². The monoisotopic (exact) mass is 206 g/mol. The van der Waals surface area contributed by atoms with Crippen molar-refractivity contribution in [2.75, 3.05) is 13.2 Å². The van der Waals surface area contributed by atoms with Crippen LogP contribution in [0.15, 0.2) is 24.3 Å². The normalized spacial score (nSPS) is 20.4. The van der Waals surface area contributed by atoms with Crippen molar-refractivity contribution in [1.82, 2.24) is 0 Å². The maximum absolute atomic E-state index is 10.5. The van der Waals surface area contributed by atoms with Crippen LogP contribution in [0.25, 0.3) is 0 Å². The first kappa shape index (κ1) is 10.2. The van der Waals surface area contributed by atoms with Crippen molar-refractivity contribution in [3.63, 3.8) is 0 Å². The second kappa shape index (κ2) is 4.45. The predicted molar refractivity (Wildman–Crippen MR) is 56.0 cm³/mol. The number of hydrogen-bond donors (Lipinski definition) is 1. The van der Waals surface area contributed by atoms with Gasteiger partial charge in [-0.15, -0.1) is 0 Å². The molecule has 1 aromatic carbocycles. The Morgan fingerprint density at radius 1 is 1.40 bits per heavy atom. The molecule has 1 fully saturated rings. The molecule has 3 nitrogen and oxygen atoms in total. The summed E-state index contributed by atoms with van der Waals surface area (Å²) in [6.07, 6.45) is 1.17. The van der Waals surface area contributed by atoms with Crippen LogP contribution in [0.3, 0.4) is 0 Å². The molecule has 0 aliphatic carbocycles. The summed E-state index contributed by atoms with van der Waals surface area (Å²) in [7, 11) is 0. The molecular formula is C12H14O3. The molecule has 1 atom stereocenters. The van der Waals surface area contributed by atoms with Crippen molar-refractivity contribution < 1.29 is 14.6 Å². The lowest BCUT2D eigenvalue weighted by Gasteiger charge is -2.08. The van der Waals surface area contributed by atoms with Crippen molar-refractivity contribution in [3.05, 3.63) is 35.4 Å². The topological polar surface area (TPSA) is 46.5 Å². The number of ether oxygens (including phenoxy) is 1. The molecule has 1 heterocycles. The van der Waals surface area contributed by atoms with Gasteiger partial charge in [0.15, 0.2) is 0 Å². The molecule has 0 aromatic heterocycles. The third-order valence-corrected chi connectivity index (χ3v) is 2.74. The number of carboxylic acid groups (broad SMARTS) is 1. The van der Waals surface area contributed by atoms with Gasteiger partial charge in [0.05, 0.1) is 13.0 Å². The molecule has 15 heavy (non-hydrogen) atoms. The van der Waals surface area contributed by atoms with E-state index in [4.69, 9.17) is 9.84 Å². The maximum Gasteiger partial charge on any atom is 0.307 e. The summed E-state index contributed by atoms with van der Waals surface area (Å²) in [6, 6.07) is 7.80. The molecule has 2 rings (SSSR count). The molecule has 0 radical (unpaired) electrons. The second-order valence-corrected chi connectivity index (χ2v) is 3.87. The summed E-state index contributed by atoms with van der Waals surface area (Å²) in [5, 5.41) is 8.63. The zero-order valence-electron chi connectivity index (χ0n) is 8.48. The second-order valence-electron chi connectivity index (χ2n) is 3.87. The van der Waals surface area contributed by atoms with Crippen LogP contribution in [0.2, 0.25) is 0 Å². The van der Waals surface area contributed by atoms with E-state index in [1.165, 1.54) is 5.56 Å². The molecule has 1 aromatic rings. The molecule has 0 saturated carbocycles. The summed E-state index contributed by atoms with van der Waals surface area (Å²) in [6.45, 7) is 1.62. The Balaban J connectivity index is 2.06. The van der Waals surface area contributed by atoms with Gasteiger partial charge in [-0.05, 0) is 17.5 Å². The number of benzene rings is 1. The molecule has 1 N–H and O–H groups in total. The number of rotatable bonds is 3. The average molecular weight is 206 g/mol. The third kappa shape index (κ3) is 2.57. The summed E-state index contributed by atoms with van der Waals surface area (Å²) >= 11 is 0. The highest BCUT2D eigenvalue weighted by atomic mass is 16.5. The lowest BCUT2D eigenvalue weighted by molar-refractivity contribution is -0.136. The van der Waals surface area contributed by atoms with Crippen molar-refractivity contribution in [2.45, 2.75) is 18.8 Å². The van der Waals surface area contributed by atoms with Crippen LogP contribution < -0.4 is 0 Å². The van der Waals surface area contributed by atoms with E-state index in [2.05, 4.69) is 0 Å². The van der Waals surface area contributed by atoms with Gasteiger partial charge < -0.3 is 9.84 Å². The van der Waals surface area contributed by atoms with E-state index >= 15 is 0 Å². The van der Waals surface area contributed by atoms with Crippen molar-refractivity contribution in [3.8, 4) is 0 Å². The Hall–Kier alpha value is -1.35. The van der Waals surface area contributed by atoms with Gasteiger partial charge in [0, 0.05) is 12.5 Å². The van der Waals surface area contributed by atoms with Crippen molar-refractivity contribution in [2.24, 2.45) is 0 Å². The summed E-state index contributed by atoms with van der Waals surface area (Å²) in [5.41, 5.74) is 2.10. The Kier molecular flexibility index (Phi) is 3.02. The summed E-state index contributed by atoms with van der Waals surface area (Å²) < 4.78 is 5.31. The Labute approximate surface area is 88.7 Å². The van der Waals surface area contributed by atoms with Gasteiger partial charge in [0.2, 0.25) is 0 Å². The number of carbonyl (C=O) groups is 1. The minimum Gasteiger partial charge on any atom is -0.481 e. The summed E-state index contributed by atoms with van der Waals surface area (Å²) in [4.78, 5) is 10.5. The fourth-order valence-electron chi connectivity index (χ4n) is 1.88. The van der Waals surface area contributed by atoms with Gasteiger partial charge in [-0.2, -0.15) is 0 Å². The molecule has 1 aliphatic rings. The first-order valence-corrected chi connectivity index (χ1v) is 5.14. The fraction of sp³-hybridized carbons (Fsp3) is 0.417. The predicted octanol–water partition coefficient (Wildman–Crippen LogP) is 1.82. The zero-order chi connectivity index (χ0) is 10.7. The molecule has 80 valence electrons. The van der Waals surface area contributed by atoms with E-state index in [-0.39, 0.29) is 6.42 Å². The minimum atomic E-state index is -0.785. The van der Waals surface area contributed by atoms with Crippen LogP contribution in [-0.4, -0.2) is 24.3 Å². The lowest BCUT2D eigenvalue weighted by atomic mass is 9.97. The van der Waals surface area contributed by atoms with E-state index in [0.29, 0.717) is 5.92 Å². The molecule has 1 aliphatic heterocycles. The van der Waals surface area contributed by atoms with Crippen LogP contribution in [0.1, 0.15) is 23.5 Å². The molecule has 3 heteroatoms. The SMILES string of the molecule is O=C(O)Cc1ccc(C2CCOC2)cc1. The van der Waals surface area contributed by atoms with Crippen LogP contribution in [0.4, 0.5) is 0 Å². The Bertz CT molecular complexity index is 336. The first-order chi connectivity index (χ1) is 7.25. The standard InChI is InChI=1S/C12H14O3/c13-12(14)7-9-1-3-10(4-2-9)11-5-6-15-8-11/h1-4,11H,5-8H2,(H,13,14). The molecule has 0 amide bonds. The van der Waals surface area contributed by atoms with Crippen molar-refractivity contribution in [1.29, 1.82) is 0 Å². The van der Waals surface area contributed by atoms with E-state index in [9.17, 15) is 4.79 Å². The van der Waals surface area contributed by atoms with Crippen molar-refractivity contribution >= 4 is 5.97 Å². The highest BCUT2D eigenvalue weighted by molar-refractivity contribution is 5.70. The Morgan fingerprint density at radius 3 is 2.67 bits per heavy atom. The lowest BCUT2D eigenvalue weighted by Crippen LogP contribution is -2.01. The highest BCUT2D eigenvalue weighted by Gasteiger charge is 2.17. The first-order valence-electron chi connectivity index (χ1n) is 5.14. The third-order valence-electron chi connectivity index (χ3n) is 2.74. The van der Waals surface area contributed by atoms with Crippen LogP contribution in [0.5, 0.6) is 0 Å². The van der Waals surface area contributed by atoms with Gasteiger partial charge in [-0.1, -0.05) is 24.3 Å². The fourth-order valence-corrected chi connectivity index (χ4v) is 1.88. The van der Waals surface area contributed by atoms with Gasteiger partial charge in [-0.3, -0.25) is 4.79 Å². The quantitative estimate of drug-likeness (QED) is 0.820. The van der Waals surface area contributed by atoms with Gasteiger partial charge in [-0.25, -0.2) is 0 Å². The minimum absolute atomic E-state index is 0.0987. The summed E-state index contributed by atoms with van der Waals surface area (Å²) in [5.74, 6) is -0.296. The van der Waals surface area contributed by atoms with Gasteiger partial charge >= 0.3 is 5.97 Å². The smallest absolute Gasteiger partial charge is 0.307 e. The number of hydrogen-bond acceptors (Lipinski definition) is 2. The van der Waals surface area contributed by atoms with Crippen LogP contribution >= 0.6 is 0 Å². The number of carboxylic acids is 1. The van der Waals surface area contributed by atoms with Gasteiger partial charge in [0.25, 0.3) is 0 Å². The molecule has 0 spiro atoms.